The molecule has 1 saturated heterocycles. The minimum atomic E-state index is -0.709. The second-order valence-corrected chi connectivity index (χ2v) is 6.41. The normalized spacial score (nSPS) is 22.7. The van der Waals surface area contributed by atoms with E-state index in [0.29, 0.717) is 13.0 Å². The third kappa shape index (κ3) is 4.27. The van der Waals surface area contributed by atoms with Crippen LogP contribution in [0, 0.1) is 0 Å². The van der Waals surface area contributed by atoms with Gasteiger partial charge in [-0.3, -0.25) is 4.90 Å². The van der Waals surface area contributed by atoms with Crippen molar-refractivity contribution < 1.29 is 5.11 Å². The number of aromatic nitrogens is 3. The zero-order chi connectivity index (χ0) is 16.1. The molecule has 0 radical (unpaired) electrons. The van der Waals surface area contributed by atoms with Gasteiger partial charge < -0.3 is 9.67 Å². The first kappa shape index (κ1) is 15.9. The average Bonchev–Trinajstić information content (AvgIpc) is 2.93. The van der Waals surface area contributed by atoms with Gasteiger partial charge in [-0.25, -0.2) is 0 Å². The average molecular weight is 312 g/mol. The van der Waals surface area contributed by atoms with Gasteiger partial charge in [-0.05, 0) is 24.9 Å². The topological polar surface area (TPSA) is 54.2 Å². The van der Waals surface area contributed by atoms with E-state index in [1.165, 1.54) is 5.56 Å². The SMILES string of the molecule is Cn1cnnc1CC1(O)CCCN(C/C=C/c2ccccc2)C1. The molecule has 1 aromatic heterocycles. The number of nitrogens with zero attached hydrogens (tertiary/aromatic N) is 4. The highest BCUT2D eigenvalue weighted by Crippen LogP contribution is 2.24. The number of hydrogen-bond acceptors (Lipinski definition) is 4. The van der Waals surface area contributed by atoms with Gasteiger partial charge >= 0.3 is 0 Å². The maximum atomic E-state index is 10.9. The predicted octanol–water partition coefficient (Wildman–Crippen LogP) is 1.90. The number of likely N-dealkylation sites (tertiary alicyclic amines) is 1. The molecular formula is C18H24N4O. The highest BCUT2D eigenvalue weighted by atomic mass is 16.3. The predicted molar refractivity (Wildman–Crippen MR) is 90.8 cm³/mol. The van der Waals surface area contributed by atoms with Crippen LogP contribution in [0.15, 0.2) is 42.7 Å². The van der Waals surface area contributed by atoms with E-state index in [4.69, 9.17) is 0 Å². The summed E-state index contributed by atoms with van der Waals surface area (Å²) in [5.74, 6) is 0.842. The second kappa shape index (κ2) is 7.06. The smallest absolute Gasteiger partial charge is 0.135 e. The number of benzene rings is 1. The monoisotopic (exact) mass is 312 g/mol. The molecule has 1 aromatic carbocycles. The molecule has 0 aliphatic carbocycles. The Kier molecular flexibility index (Phi) is 4.88. The maximum absolute atomic E-state index is 10.9. The van der Waals surface area contributed by atoms with Gasteiger partial charge in [0, 0.05) is 26.6 Å². The number of hydrogen-bond donors (Lipinski definition) is 1. The molecule has 0 amide bonds. The lowest BCUT2D eigenvalue weighted by Crippen LogP contribution is -2.49. The van der Waals surface area contributed by atoms with E-state index in [1.54, 1.807) is 6.33 Å². The Morgan fingerprint density at radius 2 is 2.13 bits per heavy atom. The van der Waals surface area contributed by atoms with Crippen molar-refractivity contribution in [1.29, 1.82) is 0 Å². The molecule has 3 rings (SSSR count). The fourth-order valence-corrected chi connectivity index (χ4v) is 3.17. The molecule has 1 atom stereocenters. The summed E-state index contributed by atoms with van der Waals surface area (Å²) >= 11 is 0. The lowest BCUT2D eigenvalue weighted by Gasteiger charge is -2.38. The third-order valence-electron chi connectivity index (χ3n) is 4.40. The third-order valence-corrected chi connectivity index (χ3v) is 4.40. The van der Waals surface area contributed by atoms with Crippen LogP contribution in [0.4, 0.5) is 0 Å². The van der Waals surface area contributed by atoms with Crippen molar-refractivity contribution in [3.05, 3.63) is 54.1 Å². The first-order chi connectivity index (χ1) is 11.1. The summed E-state index contributed by atoms with van der Waals surface area (Å²) in [6.07, 6.45) is 8.37. The molecule has 5 nitrogen and oxygen atoms in total. The van der Waals surface area contributed by atoms with E-state index in [9.17, 15) is 5.11 Å². The molecule has 23 heavy (non-hydrogen) atoms. The molecule has 5 heteroatoms. The van der Waals surface area contributed by atoms with Gasteiger partial charge in [-0.2, -0.15) is 0 Å². The lowest BCUT2D eigenvalue weighted by atomic mass is 9.89. The molecule has 122 valence electrons. The maximum Gasteiger partial charge on any atom is 0.135 e. The Balaban J connectivity index is 1.57. The zero-order valence-corrected chi connectivity index (χ0v) is 13.6. The first-order valence-corrected chi connectivity index (χ1v) is 8.14. The zero-order valence-electron chi connectivity index (χ0n) is 13.6. The molecule has 2 aromatic rings. The van der Waals surface area contributed by atoms with Gasteiger partial charge in [-0.15, -0.1) is 10.2 Å². The van der Waals surface area contributed by atoms with Crippen LogP contribution >= 0.6 is 0 Å². The van der Waals surface area contributed by atoms with E-state index in [2.05, 4.69) is 39.4 Å². The van der Waals surface area contributed by atoms with E-state index < -0.39 is 5.60 Å². The molecular weight excluding hydrogens is 288 g/mol. The van der Waals surface area contributed by atoms with Gasteiger partial charge in [0.2, 0.25) is 0 Å². The van der Waals surface area contributed by atoms with Crippen molar-refractivity contribution >= 4 is 6.08 Å². The fraction of sp³-hybridized carbons (Fsp3) is 0.444. The van der Waals surface area contributed by atoms with Crippen LogP contribution in [-0.2, 0) is 13.5 Å². The molecule has 1 aliphatic rings. The molecule has 0 saturated carbocycles. The van der Waals surface area contributed by atoms with E-state index >= 15 is 0 Å². The van der Waals surface area contributed by atoms with Gasteiger partial charge in [0.15, 0.2) is 0 Å². The van der Waals surface area contributed by atoms with Gasteiger partial charge in [0.25, 0.3) is 0 Å². The molecule has 2 heterocycles. The molecule has 1 aliphatic heterocycles. The van der Waals surface area contributed by atoms with Crippen LogP contribution in [0.3, 0.4) is 0 Å². The molecule has 1 N–H and O–H groups in total. The standard InChI is InChI=1S/C18H24N4O/c1-21-15-19-20-17(21)13-18(23)10-6-12-22(14-18)11-5-9-16-7-3-2-4-8-16/h2-5,7-9,15,23H,6,10-14H2,1H3/b9-5+. The number of piperidine rings is 1. The van der Waals surface area contributed by atoms with Gasteiger partial charge in [0.1, 0.15) is 12.2 Å². The second-order valence-electron chi connectivity index (χ2n) is 6.41. The highest BCUT2D eigenvalue weighted by Gasteiger charge is 2.34. The summed E-state index contributed by atoms with van der Waals surface area (Å²) in [4.78, 5) is 2.30. The van der Waals surface area contributed by atoms with Crippen molar-refractivity contribution in [2.45, 2.75) is 24.9 Å². The largest absolute Gasteiger partial charge is 0.388 e. The summed E-state index contributed by atoms with van der Waals surface area (Å²) in [5, 5.41) is 18.9. The highest BCUT2D eigenvalue weighted by molar-refractivity contribution is 5.48. The minimum absolute atomic E-state index is 0.558. The van der Waals surface area contributed by atoms with E-state index in [-0.39, 0.29) is 0 Å². The Bertz CT molecular complexity index is 652. The quantitative estimate of drug-likeness (QED) is 0.916. The fourth-order valence-electron chi connectivity index (χ4n) is 3.17. The van der Waals surface area contributed by atoms with Crippen LogP contribution in [0.25, 0.3) is 6.08 Å². The van der Waals surface area contributed by atoms with Crippen molar-refractivity contribution in [3.63, 3.8) is 0 Å². The Morgan fingerprint density at radius 3 is 2.87 bits per heavy atom. The van der Waals surface area contributed by atoms with Crippen molar-refractivity contribution in [2.24, 2.45) is 7.05 Å². The van der Waals surface area contributed by atoms with Crippen LogP contribution in [0.5, 0.6) is 0 Å². The number of β-amino-alcohol motifs (C(OH)–C–C–N with tert-alkyl or cyclic N) is 1. The summed E-state index contributed by atoms with van der Waals surface area (Å²) in [7, 11) is 1.92. The minimum Gasteiger partial charge on any atom is -0.388 e. The van der Waals surface area contributed by atoms with Crippen LogP contribution in [-0.4, -0.2) is 50.0 Å². The van der Waals surface area contributed by atoms with Gasteiger partial charge in [-0.1, -0.05) is 42.5 Å². The van der Waals surface area contributed by atoms with E-state index in [0.717, 1.165) is 31.8 Å². The Morgan fingerprint density at radius 1 is 1.30 bits per heavy atom. The molecule has 1 fully saturated rings. The lowest BCUT2D eigenvalue weighted by molar-refractivity contribution is -0.0285. The van der Waals surface area contributed by atoms with Gasteiger partial charge in [0.05, 0.1) is 5.60 Å². The van der Waals surface area contributed by atoms with Crippen LogP contribution < -0.4 is 0 Å². The summed E-state index contributed by atoms with van der Waals surface area (Å²) < 4.78 is 1.88. The van der Waals surface area contributed by atoms with Crippen molar-refractivity contribution in [1.82, 2.24) is 19.7 Å². The Labute approximate surface area is 137 Å². The van der Waals surface area contributed by atoms with E-state index in [1.807, 2.05) is 29.8 Å². The summed E-state index contributed by atoms with van der Waals surface area (Å²) in [6, 6.07) is 10.3. The molecule has 0 spiro atoms. The Hall–Kier alpha value is -1.98. The number of aliphatic hydroxyl groups is 1. The summed E-state index contributed by atoms with van der Waals surface area (Å²) in [6.45, 7) is 2.56. The number of aryl methyl sites for hydroxylation is 1. The van der Waals surface area contributed by atoms with Crippen molar-refractivity contribution in [2.75, 3.05) is 19.6 Å². The summed E-state index contributed by atoms with van der Waals surface area (Å²) in [5.41, 5.74) is 0.499. The molecule has 0 bridgehead atoms. The number of rotatable bonds is 5. The molecule has 1 unspecified atom stereocenters. The van der Waals surface area contributed by atoms with Crippen LogP contribution in [0.1, 0.15) is 24.2 Å². The first-order valence-electron chi connectivity index (χ1n) is 8.14. The van der Waals surface area contributed by atoms with Crippen LogP contribution in [0.2, 0.25) is 0 Å². The van der Waals surface area contributed by atoms with Crippen molar-refractivity contribution in [3.8, 4) is 0 Å².